The second-order valence-electron chi connectivity index (χ2n) is 12.7. The number of carbonyl (C=O) groups excluding carboxylic acids is 1. The molecule has 3 saturated heterocycles. The summed E-state index contributed by atoms with van der Waals surface area (Å²) >= 11 is 0. The van der Waals surface area contributed by atoms with Gasteiger partial charge < -0.3 is 9.80 Å². The van der Waals surface area contributed by atoms with Gasteiger partial charge in [0.15, 0.2) is 5.67 Å². The average molecular weight is 572 g/mol. The molecule has 6 nitrogen and oxygen atoms in total. The van der Waals surface area contributed by atoms with Crippen LogP contribution in [0.3, 0.4) is 0 Å². The van der Waals surface area contributed by atoms with Gasteiger partial charge in [-0.05, 0) is 64.3 Å². The number of hydrogen-bond donors (Lipinski definition) is 2. The van der Waals surface area contributed by atoms with Crippen LogP contribution in [0, 0.1) is 29.6 Å². The maximum absolute atomic E-state index is 16.0. The highest BCUT2D eigenvalue weighted by Gasteiger charge is 2.63. The van der Waals surface area contributed by atoms with E-state index in [4.69, 9.17) is 0 Å². The van der Waals surface area contributed by atoms with Gasteiger partial charge in [0.1, 0.15) is 12.3 Å². The molecule has 5 rings (SSSR count). The number of halogens is 7. The van der Waals surface area contributed by atoms with Crippen LogP contribution in [0.5, 0.6) is 0 Å². The van der Waals surface area contributed by atoms with Crippen LogP contribution in [0.4, 0.5) is 30.7 Å². The van der Waals surface area contributed by atoms with Gasteiger partial charge in [-0.1, -0.05) is 6.42 Å². The smallest absolute Gasteiger partial charge is 0.339 e. The second-order valence-corrected chi connectivity index (χ2v) is 12.7. The van der Waals surface area contributed by atoms with E-state index in [0.717, 1.165) is 6.92 Å². The molecular weight excluding hydrogens is 531 g/mol. The molecule has 7 unspecified atom stereocenters. The molecular formula is C26H40F7N5O. The summed E-state index contributed by atoms with van der Waals surface area (Å²) in [5, 5.41) is 0. The fourth-order valence-corrected chi connectivity index (χ4v) is 8.00. The number of likely N-dealkylation sites (tertiary alicyclic amines) is 2. The van der Waals surface area contributed by atoms with Crippen LogP contribution in [0.15, 0.2) is 0 Å². The SMILES string of the molecule is CN1CNNC1C(F)(F)[C@](C)(F)C1CCCC(N2CC3C(CC(CN4CC[C@H](F)C4)CC3C(F)(F)F)C2=O)C1. The molecule has 0 radical (unpaired) electrons. The molecule has 0 aromatic rings. The Morgan fingerprint density at radius 2 is 1.74 bits per heavy atom. The minimum atomic E-state index is -4.48. The van der Waals surface area contributed by atoms with Crippen LogP contribution in [0.2, 0.25) is 0 Å². The molecule has 0 aromatic carbocycles. The van der Waals surface area contributed by atoms with E-state index < -0.39 is 59.8 Å². The van der Waals surface area contributed by atoms with Crippen molar-refractivity contribution in [3.05, 3.63) is 0 Å². The molecule has 1 amide bonds. The Labute approximate surface area is 225 Å². The first-order valence-corrected chi connectivity index (χ1v) is 14.2. The Hall–Kier alpha value is -1.18. The molecule has 0 aromatic heterocycles. The first kappa shape index (κ1) is 29.3. The van der Waals surface area contributed by atoms with Gasteiger partial charge in [-0.2, -0.15) is 22.0 Å². The Morgan fingerprint density at radius 1 is 1.00 bits per heavy atom. The van der Waals surface area contributed by atoms with E-state index in [1.54, 1.807) is 0 Å². The van der Waals surface area contributed by atoms with Crippen molar-refractivity contribution in [2.75, 3.05) is 39.9 Å². The first-order chi connectivity index (χ1) is 18.2. The lowest BCUT2D eigenvalue weighted by atomic mass is 9.68. The zero-order chi connectivity index (χ0) is 28.3. The van der Waals surface area contributed by atoms with Gasteiger partial charge in [0.25, 0.3) is 0 Å². The van der Waals surface area contributed by atoms with Crippen molar-refractivity contribution < 1.29 is 35.5 Å². The molecule has 3 aliphatic heterocycles. The van der Waals surface area contributed by atoms with Crippen molar-refractivity contribution in [1.29, 1.82) is 0 Å². The number of hydrazine groups is 1. The molecule has 9 atom stereocenters. The summed E-state index contributed by atoms with van der Waals surface area (Å²) in [4.78, 5) is 18.2. The fourth-order valence-electron chi connectivity index (χ4n) is 8.00. The number of carbonyl (C=O) groups is 1. The number of hydrogen-bond acceptors (Lipinski definition) is 5. The number of nitrogens with zero attached hydrogens (tertiary/aromatic N) is 3. The average Bonchev–Trinajstić information content (AvgIpc) is 3.57. The highest BCUT2D eigenvalue weighted by Crippen LogP contribution is 2.52. The highest BCUT2D eigenvalue weighted by molar-refractivity contribution is 5.82. The van der Waals surface area contributed by atoms with Crippen LogP contribution in [-0.2, 0) is 4.79 Å². The maximum atomic E-state index is 16.0. The third kappa shape index (κ3) is 5.41. The van der Waals surface area contributed by atoms with Crippen molar-refractivity contribution in [3.63, 3.8) is 0 Å². The summed E-state index contributed by atoms with van der Waals surface area (Å²) in [6.45, 7) is 2.00. The van der Waals surface area contributed by atoms with E-state index in [0.29, 0.717) is 38.8 Å². The molecule has 224 valence electrons. The summed E-state index contributed by atoms with van der Waals surface area (Å²) in [5.74, 6) is -8.89. The number of nitrogens with one attached hydrogen (secondary N) is 2. The van der Waals surface area contributed by atoms with E-state index in [2.05, 4.69) is 10.9 Å². The van der Waals surface area contributed by atoms with Gasteiger partial charge in [-0.15, -0.1) is 0 Å². The Kier molecular flexibility index (Phi) is 7.95. The second kappa shape index (κ2) is 10.6. The van der Waals surface area contributed by atoms with Crippen LogP contribution < -0.4 is 10.9 Å². The normalized spacial score (nSPS) is 40.7. The number of alkyl halides is 7. The minimum Gasteiger partial charge on any atom is -0.339 e. The molecule has 5 fully saturated rings. The highest BCUT2D eigenvalue weighted by atomic mass is 19.4. The predicted molar refractivity (Wildman–Crippen MR) is 130 cm³/mol. The molecule has 3 heterocycles. The zero-order valence-corrected chi connectivity index (χ0v) is 22.5. The van der Waals surface area contributed by atoms with Crippen molar-refractivity contribution >= 4 is 5.91 Å². The Balaban J connectivity index is 1.30. The number of rotatable bonds is 6. The molecule has 0 bridgehead atoms. The largest absolute Gasteiger partial charge is 0.392 e. The summed E-state index contributed by atoms with van der Waals surface area (Å²) in [7, 11) is 1.46. The first-order valence-electron chi connectivity index (χ1n) is 14.2. The quantitative estimate of drug-likeness (QED) is 0.474. The zero-order valence-electron chi connectivity index (χ0n) is 22.5. The fraction of sp³-hybridized carbons (Fsp3) is 0.962. The van der Waals surface area contributed by atoms with E-state index in [1.165, 1.54) is 16.8 Å². The van der Waals surface area contributed by atoms with Gasteiger partial charge in [0, 0.05) is 44.1 Å². The molecule has 0 spiro atoms. The molecule has 2 N–H and O–H groups in total. The van der Waals surface area contributed by atoms with E-state index >= 15 is 13.2 Å². The number of amides is 1. The Morgan fingerprint density at radius 3 is 2.36 bits per heavy atom. The molecule has 13 heteroatoms. The molecule has 5 aliphatic rings. The lowest BCUT2D eigenvalue weighted by Gasteiger charge is -2.45. The summed E-state index contributed by atoms with van der Waals surface area (Å²) < 4.78 is 103. The van der Waals surface area contributed by atoms with Crippen LogP contribution in [0.25, 0.3) is 0 Å². The molecule has 2 aliphatic carbocycles. The lowest BCUT2D eigenvalue weighted by Crippen LogP contribution is -2.62. The van der Waals surface area contributed by atoms with Crippen LogP contribution >= 0.6 is 0 Å². The van der Waals surface area contributed by atoms with Gasteiger partial charge in [-0.25, -0.2) is 19.6 Å². The van der Waals surface area contributed by atoms with Crippen molar-refractivity contribution in [1.82, 2.24) is 25.6 Å². The maximum Gasteiger partial charge on any atom is 0.392 e. The van der Waals surface area contributed by atoms with Gasteiger partial charge in [-0.3, -0.25) is 9.69 Å². The van der Waals surface area contributed by atoms with Gasteiger partial charge in [0.05, 0.1) is 12.6 Å². The Bertz CT molecular complexity index is 904. The van der Waals surface area contributed by atoms with Crippen molar-refractivity contribution in [2.45, 2.75) is 88.0 Å². The van der Waals surface area contributed by atoms with Gasteiger partial charge >= 0.3 is 12.1 Å². The van der Waals surface area contributed by atoms with E-state index in [1.807, 2.05) is 4.90 Å². The van der Waals surface area contributed by atoms with E-state index in [-0.39, 0.29) is 50.8 Å². The summed E-state index contributed by atoms with van der Waals surface area (Å²) in [5.41, 5.74) is 2.15. The minimum absolute atomic E-state index is 0.0105. The van der Waals surface area contributed by atoms with Crippen molar-refractivity contribution in [2.24, 2.45) is 29.6 Å². The lowest BCUT2D eigenvalue weighted by molar-refractivity contribution is -0.204. The topological polar surface area (TPSA) is 50.9 Å². The van der Waals surface area contributed by atoms with Crippen LogP contribution in [-0.4, -0.2) is 96.6 Å². The summed E-state index contributed by atoms with van der Waals surface area (Å²) in [6.07, 6.45) is -5.34. The molecule has 2 saturated carbocycles. The van der Waals surface area contributed by atoms with E-state index in [9.17, 15) is 22.4 Å². The third-order valence-electron chi connectivity index (χ3n) is 10.2. The van der Waals surface area contributed by atoms with Crippen molar-refractivity contribution in [3.8, 4) is 0 Å². The predicted octanol–water partition coefficient (Wildman–Crippen LogP) is 3.94. The standard InChI is InChI=1S/C26H40F7N5O/c1-24(28,25(29,30)23-35-34-14-36(23)2)16-4-3-5-18(10-16)38-13-20-19(22(38)39)8-15(9-21(20)26(31,32)33)11-37-7-6-17(27)12-37/h15-21,23,34-35H,3-14H2,1-2H3/t15?,16?,17-,18?,19?,20?,21?,23?,24+/m0/s1. The molecule has 39 heavy (non-hydrogen) atoms. The number of fused-ring (bicyclic) bond motifs is 1. The monoisotopic (exact) mass is 571 g/mol. The third-order valence-corrected chi connectivity index (χ3v) is 10.2. The summed E-state index contributed by atoms with van der Waals surface area (Å²) in [6, 6.07) is -0.571. The van der Waals surface area contributed by atoms with Crippen LogP contribution in [0.1, 0.15) is 51.9 Å². The van der Waals surface area contributed by atoms with Gasteiger partial charge in [0.2, 0.25) is 5.91 Å².